The average Bonchev–Trinajstić information content (AvgIpc) is 3.03. The fraction of sp³-hybridized carbons (Fsp3) is 0.333. The highest BCUT2D eigenvalue weighted by molar-refractivity contribution is 7.18. The van der Waals surface area contributed by atoms with Crippen LogP contribution in [0.1, 0.15) is 26.7 Å². The van der Waals surface area contributed by atoms with E-state index < -0.39 is 4.92 Å². The molecular formula is C12H12N4O3S2. The van der Waals surface area contributed by atoms with Gasteiger partial charge in [-0.2, -0.15) is 0 Å². The Labute approximate surface area is 128 Å². The van der Waals surface area contributed by atoms with Crippen LogP contribution in [0.15, 0.2) is 12.1 Å². The Morgan fingerprint density at radius 1 is 1.48 bits per heavy atom. The van der Waals surface area contributed by atoms with Crippen LogP contribution in [0.4, 0.5) is 10.1 Å². The normalized spacial score (nSPS) is 17.3. The third kappa shape index (κ3) is 2.94. The molecule has 2 aromatic rings. The highest BCUT2D eigenvalue weighted by atomic mass is 32.1. The van der Waals surface area contributed by atoms with E-state index in [0.717, 1.165) is 41.2 Å². The number of nitrogens with zero attached hydrogens (tertiary/aromatic N) is 2. The van der Waals surface area contributed by atoms with Crippen LogP contribution in [-0.2, 0) is 12.8 Å². The van der Waals surface area contributed by atoms with E-state index in [4.69, 9.17) is 5.73 Å². The van der Waals surface area contributed by atoms with E-state index in [2.05, 4.69) is 10.3 Å². The molecule has 21 heavy (non-hydrogen) atoms. The van der Waals surface area contributed by atoms with Gasteiger partial charge < -0.3 is 5.73 Å². The summed E-state index contributed by atoms with van der Waals surface area (Å²) in [6.45, 7) is 0. The summed E-state index contributed by atoms with van der Waals surface area (Å²) in [6, 6.07) is 2.92. The summed E-state index contributed by atoms with van der Waals surface area (Å²) in [6.07, 6.45) is 2.52. The fourth-order valence-electron chi connectivity index (χ4n) is 2.16. The first-order chi connectivity index (χ1) is 10.0. The molecule has 1 aliphatic rings. The highest BCUT2D eigenvalue weighted by Gasteiger charge is 2.22. The molecule has 0 aliphatic heterocycles. The predicted molar refractivity (Wildman–Crippen MR) is 81.0 cm³/mol. The van der Waals surface area contributed by atoms with Gasteiger partial charge in [0.1, 0.15) is 0 Å². The van der Waals surface area contributed by atoms with Gasteiger partial charge in [-0.3, -0.25) is 20.2 Å². The highest BCUT2D eigenvalue weighted by Crippen LogP contribution is 2.30. The Morgan fingerprint density at radius 3 is 3.00 bits per heavy atom. The molecule has 1 amide bonds. The number of nitrogens with one attached hydrogen (secondary N) is 1. The number of hydrogen-bond donors (Lipinski definition) is 2. The van der Waals surface area contributed by atoms with Gasteiger partial charge in [0.15, 0.2) is 5.13 Å². The van der Waals surface area contributed by atoms with Gasteiger partial charge in [0.05, 0.1) is 15.5 Å². The van der Waals surface area contributed by atoms with Crippen molar-refractivity contribution in [3.63, 3.8) is 0 Å². The second kappa shape index (κ2) is 5.51. The number of thiophene rings is 1. The van der Waals surface area contributed by atoms with Gasteiger partial charge in [-0.15, -0.1) is 11.3 Å². The number of aryl methyl sites for hydroxylation is 1. The minimum absolute atomic E-state index is 0.0513. The monoisotopic (exact) mass is 324 g/mol. The van der Waals surface area contributed by atoms with Crippen molar-refractivity contribution in [3.05, 3.63) is 37.7 Å². The molecule has 3 N–H and O–H groups in total. The molecule has 1 atom stereocenters. The summed E-state index contributed by atoms with van der Waals surface area (Å²) in [4.78, 5) is 28.0. The number of hydrogen-bond acceptors (Lipinski definition) is 7. The van der Waals surface area contributed by atoms with Crippen LogP contribution in [0.2, 0.25) is 0 Å². The largest absolute Gasteiger partial charge is 0.327 e. The molecule has 0 saturated carbocycles. The van der Waals surface area contributed by atoms with Gasteiger partial charge in [0, 0.05) is 17.0 Å². The first-order valence-electron chi connectivity index (χ1n) is 6.32. The van der Waals surface area contributed by atoms with E-state index in [0.29, 0.717) is 10.0 Å². The van der Waals surface area contributed by atoms with Gasteiger partial charge in [0.2, 0.25) is 0 Å². The van der Waals surface area contributed by atoms with E-state index in [9.17, 15) is 14.9 Å². The van der Waals surface area contributed by atoms with Gasteiger partial charge in [-0.05, 0) is 25.3 Å². The van der Waals surface area contributed by atoms with Crippen molar-refractivity contribution in [2.75, 3.05) is 5.32 Å². The summed E-state index contributed by atoms with van der Waals surface area (Å²) in [7, 11) is 0. The zero-order chi connectivity index (χ0) is 15.0. The number of nitrogens with two attached hydrogens (primary N) is 1. The number of fused-ring (bicyclic) bond motifs is 1. The summed E-state index contributed by atoms with van der Waals surface area (Å²) >= 11 is 2.27. The van der Waals surface area contributed by atoms with Crippen LogP contribution < -0.4 is 11.1 Å². The molecule has 110 valence electrons. The van der Waals surface area contributed by atoms with Crippen molar-refractivity contribution < 1.29 is 9.72 Å². The molecule has 2 heterocycles. The smallest absolute Gasteiger partial charge is 0.324 e. The van der Waals surface area contributed by atoms with Crippen LogP contribution in [0.5, 0.6) is 0 Å². The van der Waals surface area contributed by atoms with Crippen molar-refractivity contribution in [1.29, 1.82) is 0 Å². The Morgan fingerprint density at radius 2 is 2.29 bits per heavy atom. The summed E-state index contributed by atoms with van der Waals surface area (Å²) in [5, 5.41) is 13.8. The average molecular weight is 324 g/mol. The number of anilines is 1. The maximum atomic E-state index is 12.0. The van der Waals surface area contributed by atoms with E-state index in [1.807, 2.05) is 0 Å². The van der Waals surface area contributed by atoms with Crippen LogP contribution in [-0.4, -0.2) is 21.9 Å². The molecule has 1 aliphatic carbocycles. The van der Waals surface area contributed by atoms with Crippen molar-refractivity contribution in [2.24, 2.45) is 5.73 Å². The number of carbonyl (C=O) groups excluding carboxylic acids is 1. The van der Waals surface area contributed by atoms with Crippen molar-refractivity contribution in [1.82, 2.24) is 4.98 Å². The summed E-state index contributed by atoms with van der Waals surface area (Å²) in [5.74, 6) is -0.372. The van der Waals surface area contributed by atoms with E-state index in [1.165, 1.54) is 23.5 Å². The first-order valence-corrected chi connectivity index (χ1v) is 7.96. The number of carbonyl (C=O) groups is 1. The maximum absolute atomic E-state index is 12.0. The van der Waals surface area contributed by atoms with Crippen LogP contribution >= 0.6 is 22.7 Å². The quantitative estimate of drug-likeness (QED) is 0.664. The Kier molecular flexibility index (Phi) is 3.70. The number of rotatable bonds is 3. The predicted octanol–water partition coefficient (Wildman–Crippen LogP) is 2.18. The van der Waals surface area contributed by atoms with Crippen molar-refractivity contribution in [3.8, 4) is 0 Å². The molecule has 0 spiro atoms. The second-order valence-electron chi connectivity index (χ2n) is 4.74. The molecule has 0 fully saturated rings. The number of aromatic nitrogens is 1. The standard InChI is InChI=1S/C12H12N4O3S2/c13-6-1-2-7-9(5-6)21-12(14-7)15-11(17)8-3-4-10(20-8)16(18)19/h3-4,6H,1-2,5,13H2,(H,14,15,17)/t6-/m0/s1. The van der Waals surface area contributed by atoms with Crippen LogP contribution in [0.25, 0.3) is 0 Å². The SMILES string of the molecule is N[C@H]1CCc2nc(NC(=O)c3ccc([N+](=O)[O-])s3)sc2C1. The van der Waals surface area contributed by atoms with Crippen molar-refractivity contribution >= 4 is 38.7 Å². The lowest BCUT2D eigenvalue weighted by atomic mass is 9.99. The molecule has 7 nitrogen and oxygen atoms in total. The zero-order valence-electron chi connectivity index (χ0n) is 10.9. The topological polar surface area (TPSA) is 111 Å². The molecule has 2 aromatic heterocycles. The lowest BCUT2D eigenvalue weighted by molar-refractivity contribution is -0.380. The minimum atomic E-state index is -0.509. The second-order valence-corrected chi connectivity index (χ2v) is 6.89. The van der Waals surface area contributed by atoms with E-state index in [-0.39, 0.29) is 17.0 Å². The number of thiazole rings is 1. The van der Waals surface area contributed by atoms with Crippen molar-refractivity contribution in [2.45, 2.75) is 25.3 Å². The minimum Gasteiger partial charge on any atom is -0.327 e. The van der Waals surface area contributed by atoms with Crippen LogP contribution in [0.3, 0.4) is 0 Å². The Hall–Kier alpha value is -1.84. The third-order valence-corrected chi connectivity index (χ3v) is 5.26. The van der Waals surface area contributed by atoms with Gasteiger partial charge >= 0.3 is 5.00 Å². The molecule has 9 heteroatoms. The molecule has 0 unspecified atom stereocenters. The lowest BCUT2D eigenvalue weighted by Crippen LogP contribution is -2.26. The molecular weight excluding hydrogens is 312 g/mol. The van der Waals surface area contributed by atoms with Crippen LogP contribution in [0, 0.1) is 10.1 Å². The molecule has 3 rings (SSSR count). The van der Waals surface area contributed by atoms with E-state index >= 15 is 0 Å². The fourth-order valence-corrected chi connectivity index (χ4v) is 3.97. The van der Waals surface area contributed by atoms with E-state index in [1.54, 1.807) is 0 Å². The first kappa shape index (κ1) is 14.1. The summed E-state index contributed by atoms with van der Waals surface area (Å²) in [5.41, 5.74) is 6.91. The van der Waals surface area contributed by atoms with Gasteiger partial charge in [-0.1, -0.05) is 11.3 Å². The lowest BCUT2D eigenvalue weighted by Gasteiger charge is -2.15. The third-order valence-electron chi connectivity index (χ3n) is 3.19. The van der Waals surface area contributed by atoms with Gasteiger partial charge in [-0.25, -0.2) is 4.98 Å². The number of nitro groups is 1. The Bertz CT molecular complexity index is 709. The van der Waals surface area contributed by atoms with Gasteiger partial charge in [0.25, 0.3) is 5.91 Å². The zero-order valence-corrected chi connectivity index (χ0v) is 12.5. The molecule has 0 saturated heterocycles. The molecule has 0 bridgehead atoms. The Balaban J connectivity index is 1.74. The summed E-state index contributed by atoms with van der Waals surface area (Å²) < 4.78 is 0. The maximum Gasteiger partial charge on any atom is 0.324 e. The number of amides is 1. The molecule has 0 radical (unpaired) electrons. The molecule has 0 aromatic carbocycles.